The van der Waals surface area contributed by atoms with Gasteiger partial charge in [-0.15, -0.1) is 10.2 Å². The minimum atomic E-state index is 0.550. The molecule has 0 bridgehead atoms. The molecule has 0 saturated carbocycles. The number of thioether (sulfide) groups is 1. The van der Waals surface area contributed by atoms with E-state index in [1.165, 1.54) is 6.42 Å². The molecule has 100 valence electrons. The summed E-state index contributed by atoms with van der Waals surface area (Å²) in [7, 11) is 0. The molecule has 1 N–H and O–H groups in total. The fourth-order valence-corrected chi connectivity index (χ4v) is 2.91. The molecule has 0 radical (unpaired) electrons. The molecule has 1 aromatic heterocycles. The van der Waals surface area contributed by atoms with E-state index in [1.807, 2.05) is 4.57 Å². The summed E-state index contributed by atoms with van der Waals surface area (Å²) in [5, 5.41) is 12.6. The van der Waals surface area contributed by atoms with E-state index in [1.54, 1.807) is 18.1 Å². The van der Waals surface area contributed by atoms with Gasteiger partial charge in [-0.1, -0.05) is 25.6 Å². The van der Waals surface area contributed by atoms with Crippen molar-refractivity contribution in [2.75, 3.05) is 5.75 Å². The average Bonchev–Trinajstić information content (AvgIpc) is 2.84. The molecule has 18 heavy (non-hydrogen) atoms. The van der Waals surface area contributed by atoms with Gasteiger partial charge in [0.1, 0.15) is 12.9 Å². The lowest BCUT2D eigenvalue weighted by atomic mass is 10.0. The van der Waals surface area contributed by atoms with Gasteiger partial charge in [-0.3, -0.25) is 4.99 Å². The summed E-state index contributed by atoms with van der Waals surface area (Å²) in [5.74, 6) is 2.73. The molecule has 2 heterocycles. The molecule has 6 heteroatoms. The van der Waals surface area contributed by atoms with Crippen LogP contribution >= 0.6 is 11.8 Å². The van der Waals surface area contributed by atoms with E-state index in [-0.39, 0.29) is 0 Å². The van der Waals surface area contributed by atoms with Gasteiger partial charge >= 0.3 is 0 Å². The monoisotopic (exact) mass is 267 g/mol. The average molecular weight is 267 g/mol. The third kappa shape index (κ3) is 3.25. The Morgan fingerprint density at radius 3 is 3.17 bits per heavy atom. The van der Waals surface area contributed by atoms with E-state index >= 15 is 0 Å². The Morgan fingerprint density at radius 1 is 1.61 bits per heavy atom. The molecule has 0 aromatic carbocycles. The topological polar surface area (TPSA) is 55.1 Å². The Labute approximate surface area is 112 Å². The summed E-state index contributed by atoms with van der Waals surface area (Å²) in [6.07, 6.45) is 2.97. The molecular weight excluding hydrogens is 246 g/mol. The third-order valence-electron chi connectivity index (χ3n) is 3.18. The second-order valence-corrected chi connectivity index (χ2v) is 5.87. The molecule has 1 atom stereocenters. The summed E-state index contributed by atoms with van der Waals surface area (Å²) in [6.45, 7) is 8.08. The molecule has 1 aliphatic rings. The number of aryl methyl sites for hydroxylation is 1. The molecular formula is C12H21N5S. The van der Waals surface area contributed by atoms with Crippen molar-refractivity contribution in [1.82, 2.24) is 20.1 Å². The zero-order chi connectivity index (χ0) is 13.0. The van der Waals surface area contributed by atoms with Gasteiger partial charge in [0.25, 0.3) is 0 Å². The number of rotatable bonds is 4. The first-order valence-electron chi connectivity index (χ1n) is 6.51. The molecule has 0 amide bonds. The largest absolute Gasteiger partial charge is 0.362 e. The molecule has 0 aliphatic carbocycles. The number of aromatic nitrogens is 3. The van der Waals surface area contributed by atoms with Crippen molar-refractivity contribution >= 4 is 16.9 Å². The highest BCUT2D eigenvalue weighted by atomic mass is 32.2. The number of hydrogen-bond donors (Lipinski definition) is 1. The lowest BCUT2D eigenvalue weighted by Crippen LogP contribution is -2.41. The van der Waals surface area contributed by atoms with Crippen LogP contribution in [0.5, 0.6) is 0 Å². The number of nitrogens with zero attached hydrogens (tertiary/aromatic N) is 4. The molecule has 1 fully saturated rings. The lowest BCUT2D eigenvalue weighted by Gasteiger charge is -2.28. The zero-order valence-corrected chi connectivity index (χ0v) is 12.1. The Balaban J connectivity index is 1.97. The van der Waals surface area contributed by atoms with E-state index in [2.05, 4.69) is 41.3 Å². The van der Waals surface area contributed by atoms with E-state index < -0.39 is 0 Å². The van der Waals surface area contributed by atoms with Crippen LogP contribution in [-0.4, -0.2) is 31.7 Å². The van der Waals surface area contributed by atoms with Gasteiger partial charge in [0.05, 0.1) is 0 Å². The van der Waals surface area contributed by atoms with Crippen LogP contribution in [0.15, 0.2) is 11.3 Å². The maximum Gasteiger partial charge on any atom is 0.157 e. The number of aliphatic imine (C=N–C) groups is 1. The van der Waals surface area contributed by atoms with Crippen LogP contribution in [0.3, 0.4) is 0 Å². The Bertz CT molecular complexity index is 412. The van der Waals surface area contributed by atoms with E-state index in [0.717, 1.165) is 23.3 Å². The molecule has 1 aromatic rings. The van der Waals surface area contributed by atoms with Crippen LogP contribution in [0.2, 0.25) is 0 Å². The fraction of sp³-hybridized carbons (Fsp3) is 0.750. The molecule has 1 unspecified atom stereocenters. The van der Waals surface area contributed by atoms with Crippen LogP contribution in [-0.2, 0) is 13.1 Å². The van der Waals surface area contributed by atoms with Crippen molar-refractivity contribution in [3.8, 4) is 0 Å². The smallest absolute Gasteiger partial charge is 0.157 e. The van der Waals surface area contributed by atoms with Crippen molar-refractivity contribution in [3.05, 3.63) is 12.2 Å². The summed E-state index contributed by atoms with van der Waals surface area (Å²) in [4.78, 5) is 4.61. The van der Waals surface area contributed by atoms with Gasteiger partial charge in [-0.2, -0.15) is 0 Å². The van der Waals surface area contributed by atoms with Gasteiger partial charge in [0, 0.05) is 18.3 Å². The van der Waals surface area contributed by atoms with Crippen molar-refractivity contribution in [3.63, 3.8) is 0 Å². The Kier molecular flexibility index (Phi) is 4.63. The molecule has 0 spiro atoms. The van der Waals surface area contributed by atoms with Gasteiger partial charge in [0.15, 0.2) is 11.0 Å². The Morgan fingerprint density at radius 2 is 2.44 bits per heavy atom. The van der Waals surface area contributed by atoms with Gasteiger partial charge in [-0.25, -0.2) is 0 Å². The van der Waals surface area contributed by atoms with E-state index in [9.17, 15) is 0 Å². The van der Waals surface area contributed by atoms with Gasteiger partial charge in [0.2, 0.25) is 0 Å². The van der Waals surface area contributed by atoms with E-state index in [0.29, 0.717) is 18.5 Å². The summed E-state index contributed by atoms with van der Waals surface area (Å²) < 4.78 is 2.03. The normalized spacial score (nSPS) is 22.4. The van der Waals surface area contributed by atoms with Crippen LogP contribution in [0, 0.1) is 5.92 Å². The quantitative estimate of drug-likeness (QED) is 0.905. The maximum absolute atomic E-state index is 4.61. The summed E-state index contributed by atoms with van der Waals surface area (Å²) in [6, 6.07) is 0.550. The third-order valence-corrected chi connectivity index (χ3v) is 4.14. The first-order chi connectivity index (χ1) is 8.70. The minimum absolute atomic E-state index is 0.550. The first kappa shape index (κ1) is 13.4. The van der Waals surface area contributed by atoms with Crippen LogP contribution < -0.4 is 5.32 Å². The number of hydrogen-bond acceptors (Lipinski definition) is 4. The van der Waals surface area contributed by atoms with Gasteiger partial charge in [-0.05, 0) is 19.3 Å². The highest BCUT2D eigenvalue weighted by Crippen LogP contribution is 2.19. The highest BCUT2D eigenvalue weighted by Gasteiger charge is 2.20. The Hall–Kier alpha value is -1.04. The van der Waals surface area contributed by atoms with Crippen LogP contribution in [0.4, 0.5) is 0 Å². The van der Waals surface area contributed by atoms with Gasteiger partial charge < -0.3 is 9.88 Å². The number of amidine groups is 1. The van der Waals surface area contributed by atoms with Crippen LogP contribution in [0.1, 0.15) is 33.0 Å². The van der Waals surface area contributed by atoms with Crippen molar-refractivity contribution in [2.45, 2.75) is 46.3 Å². The minimum Gasteiger partial charge on any atom is -0.362 e. The van der Waals surface area contributed by atoms with Crippen molar-refractivity contribution < 1.29 is 0 Å². The fourth-order valence-electron chi connectivity index (χ4n) is 1.95. The summed E-state index contributed by atoms with van der Waals surface area (Å²) >= 11 is 1.80. The van der Waals surface area contributed by atoms with Crippen LogP contribution in [0.25, 0.3) is 0 Å². The summed E-state index contributed by atoms with van der Waals surface area (Å²) in [5.41, 5.74) is 0. The van der Waals surface area contributed by atoms with Crippen molar-refractivity contribution in [1.29, 1.82) is 0 Å². The highest BCUT2D eigenvalue weighted by molar-refractivity contribution is 8.13. The molecule has 2 rings (SSSR count). The standard InChI is InChI=1S/C12H21N5S/c1-4-17-8-14-16-11(17)7-13-12-15-10(9(2)3)5-6-18-12/h8-10H,4-7H2,1-3H3,(H,13,15). The lowest BCUT2D eigenvalue weighted by molar-refractivity contribution is 0.442. The predicted molar refractivity (Wildman–Crippen MR) is 75.7 cm³/mol. The number of nitrogens with one attached hydrogen (secondary N) is 1. The second-order valence-electron chi connectivity index (χ2n) is 4.79. The predicted octanol–water partition coefficient (Wildman–Crippen LogP) is 1.91. The molecule has 1 saturated heterocycles. The van der Waals surface area contributed by atoms with E-state index in [4.69, 9.17) is 0 Å². The SMILES string of the molecule is CCn1cnnc1CN=C1NC(C(C)C)CCS1. The molecule has 1 aliphatic heterocycles. The second kappa shape index (κ2) is 6.22. The zero-order valence-electron chi connectivity index (χ0n) is 11.3. The first-order valence-corrected chi connectivity index (χ1v) is 7.49. The molecule has 5 nitrogen and oxygen atoms in total. The maximum atomic E-state index is 4.61. The van der Waals surface area contributed by atoms with Crippen molar-refractivity contribution in [2.24, 2.45) is 10.9 Å².